The highest BCUT2D eigenvalue weighted by atomic mass is 16.5. The zero-order chi connectivity index (χ0) is 14.1. The smallest absolute Gasteiger partial charge is 0.319 e. The van der Waals surface area contributed by atoms with Crippen molar-refractivity contribution in [3.63, 3.8) is 0 Å². The lowest BCUT2D eigenvalue weighted by Crippen LogP contribution is -2.30. The van der Waals surface area contributed by atoms with Gasteiger partial charge in [-0.1, -0.05) is 12.1 Å². The van der Waals surface area contributed by atoms with E-state index in [1.54, 1.807) is 6.92 Å². The maximum absolute atomic E-state index is 11.6. The number of carbonyl (C=O) groups excluding carboxylic acids is 1. The van der Waals surface area contributed by atoms with E-state index >= 15 is 0 Å². The molecule has 0 aliphatic heterocycles. The van der Waals surface area contributed by atoms with Crippen molar-refractivity contribution in [1.29, 1.82) is 0 Å². The first kappa shape index (κ1) is 15.5. The highest BCUT2D eigenvalue weighted by Crippen LogP contribution is 2.11. The number of hydrogen-bond donors (Lipinski definition) is 3. The van der Waals surface area contributed by atoms with Crippen molar-refractivity contribution in [3.8, 4) is 0 Å². The fraction of sp³-hybridized carbons (Fsp3) is 0.500. The molecule has 5 heteroatoms. The summed E-state index contributed by atoms with van der Waals surface area (Å²) in [5, 5.41) is 14.5. The zero-order valence-corrected chi connectivity index (χ0v) is 11.5. The van der Waals surface area contributed by atoms with Crippen molar-refractivity contribution < 1.29 is 14.6 Å². The Bertz CT molecular complexity index is 394. The predicted octanol–water partition coefficient (Wildman–Crippen LogP) is 2.12. The maximum Gasteiger partial charge on any atom is 0.319 e. The number of anilines is 1. The number of carbonyl (C=O) groups is 1. The van der Waals surface area contributed by atoms with Crippen LogP contribution >= 0.6 is 0 Å². The van der Waals surface area contributed by atoms with E-state index in [0.29, 0.717) is 26.2 Å². The van der Waals surface area contributed by atoms with E-state index in [0.717, 1.165) is 11.3 Å². The number of ether oxygens (including phenoxy) is 1. The summed E-state index contributed by atoms with van der Waals surface area (Å²) in [6.45, 7) is 5.28. The predicted molar refractivity (Wildman–Crippen MR) is 75.1 cm³/mol. The number of amides is 2. The molecule has 1 atom stereocenters. The molecule has 1 aromatic carbocycles. The average Bonchev–Trinajstić information content (AvgIpc) is 2.36. The molecule has 2 amide bonds. The van der Waals surface area contributed by atoms with E-state index in [9.17, 15) is 4.79 Å². The lowest BCUT2D eigenvalue weighted by atomic mass is 10.2. The minimum absolute atomic E-state index is 0.269. The van der Waals surface area contributed by atoms with Gasteiger partial charge in [-0.2, -0.15) is 0 Å². The molecule has 5 nitrogen and oxygen atoms in total. The Labute approximate surface area is 114 Å². The number of rotatable bonds is 7. The van der Waals surface area contributed by atoms with Crippen molar-refractivity contribution >= 4 is 11.7 Å². The van der Waals surface area contributed by atoms with Crippen LogP contribution in [-0.4, -0.2) is 30.4 Å². The first-order chi connectivity index (χ1) is 9.11. The summed E-state index contributed by atoms with van der Waals surface area (Å²) >= 11 is 0. The number of nitrogens with one attached hydrogen (secondary N) is 2. The van der Waals surface area contributed by atoms with E-state index < -0.39 is 6.10 Å². The first-order valence-corrected chi connectivity index (χ1v) is 6.51. The Balaban J connectivity index is 2.40. The third kappa shape index (κ3) is 6.79. The summed E-state index contributed by atoms with van der Waals surface area (Å²) in [4.78, 5) is 11.6. The van der Waals surface area contributed by atoms with Gasteiger partial charge in [-0.25, -0.2) is 4.79 Å². The molecule has 0 aliphatic carbocycles. The second kappa shape index (κ2) is 8.50. The summed E-state index contributed by atoms with van der Waals surface area (Å²) in [6.07, 6.45) is 0.132. The standard InChI is InChI=1S/C14H22N2O3/c1-3-19-10-12-5-4-6-13(9-12)16-14(18)15-8-7-11(2)17/h4-6,9,11,17H,3,7-8,10H2,1-2H3,(H2,15,16,18). The summed E-state index contributed by atoms with van der Waals surface area (Å²) in [6, 6.07) is 7.26. The van der Waals surface area contributed by atoms with E-state index in [4.69, 9.17) is 9.84 Å². The van der Waals surface area contributed by atoms with Crippen LogP contribution in [0.3, 0.4) is 0 Å². The van der Waals surface area contributed by atoms with Gasteiger partial charge < -0.3 is 20.5 Å². The Kier molecular flexibility index (Phi) is 6.92. The van der Waals surface area contributed by atoms with Crippen LogP contribution in [0.5, 0.6) is 0 Å². The number of aliphatic hydroxyl groups is 1. The average molecular weight is 266 g/mol. The molecule has 0 aliphatic rings. The van der Waals surface area contributed by atoms with Crippen LogP contribution < -0.4 is 10.6 Å². The number of urea groups is 1. The zero-order valence-electron chi connectivity index (χ0n) is 11.5. The van der Waals surface area contributed by atoms with Crippen LogP contribution in [0.15, 0.2) is 24.3 Å². The molecular weight excluding hydrogens is 244 g/mol. The van der Waals surface area contributed by atoms with Gasteiger partial charge in [-0.15, -0.1) is 0 Å². The monoisotopic (exact) mass is 266 g/mol. The van der Waals surface area contributed by atoms with Gasteiger partial charge in [0.1, 0.15) is 0 Å². The minimum atomic E-state index is -0.408. The third-order valence-electron chi connectivity index (χ3n) is 2.51. The molecule has 0 saturated heterocycles. The third-order valence-corrected chi connectivity index (χ3v) is 2.51. The number of aliphatic hydroxyl groups excluding tert-OH is 1. The van der Waals surface area contributed by atoms with Crippen molar-refractivity contribution in [3.05, 3.63) is 29.8 Å². The van der Waals surface area contributed by atoms with Gasteiger partial charge >= 0.3 is 6.03 Å². The first-order valence-electron chi connectivity index (χ1n) is 6.51. The molecule has 0 heterocycles. The molecule has 0 bridgehead atoms. The fourth-order valence-corrected chi connectivity index (χ4v) is 1.53. The van der Waals surface area contributed by atoms with Gasteiger partial charge in [0.05, 0.1) is 12.7 Å². The highest BCUT2D eigenvalue weighted by Gasteiger charge is 2.03. The van der Waals surface area contributed by atoms with Crippen molar-refractivity contribution in [2.45, 2.75) is 33.0 Å². The summed E-state index contributed by atoms with van der Waals surface area (Å²) < 4.78 is 5.31. The SMILES string of the molecule is CCOCc1cccc(NC(=O)NCCC(C)O)c1. The molecule has 1 unspecified atom stereocenters. The molecule has 0 spiro atoms. The van der Waals surface area contributed by atoms with E-state index in [2.05, 4.69) is 10.6 Å². The van der Waals surface area contributed by atoms with Crippen LogP contribution in [0.25, 0.3) is 0 Å². The Morgan fingerprint density at radius 1 is 1.47 bits per heavy atom. The maximum atomic E-state index is 11.6. The minimum Gasteiger partial charge on any atom is -0.393 e. The van der Waals surface area contributed by atoms with Crippen molar-refractivity contribution in [2.24, 2.45) is 0 Å². The summed E-state index contributed by atoms with van der Waals surface area (Å²) in [5.74, 6) is 0. The Morgan fingerprint density at radius 2 is 2.26 bits per heavy atom. The summed E-state index contributed by atoms with van der Waals surface area (Å²) in [5.41, 5.74) is 1.75. The van der Waals surface area contributed by atoms with E-state index in [1.807, 2.05) is 31.2 Å². The molecule has 0 saturated carbocycles. The van der Waals surface area contributed by atoms with Crippen LogP contribution in [-0.2, 0) is 11.3 Å². The van der Waals surface area contributed by atoms with Crippen LogP contribution in [0.2, 0.25) is 0 Å². The second-order valence-corrected chi connectivity index (χ2v) is 4.36. The topological polar surface area (TPSA) is 70.6 Å². The Hall–Kier alpha value is -1.59. The Morgan fingerprint density at radius 3 is 2.95 bits per heavy atom. The number of hydrogen-bond acceptors (Lipinski definition) is 3. The van der Waals surface area contributed by atoms with Gasteiger partial charge in [0.15, 0.2) is 0 Å². The van der Waals surface area contributed by atoms with Crippen LogP contribution in [0.1, 0.15) is 25.8 Å². The number of benzene rings is 1. The largest absolute Gasteiger partial charge is 0.393 e. The van der Waals surface area contributed by atoms with Crippen molar-refractivity contribution in [2.75, 3.05) is 18.5 Å². The van der Waals surface area contributed by atoms with Crippen LogP contribution in [0.4, 0.5) is 10.5 Å². The van der Waals surface area contributed by atoms with Gasteiger partial charge in [0.2, 0.25) is 0 Å². The molecule has 3 N–H and O–H groups in total. The van der Waals surface area contributed by atoms with E-state index in [-0.39, 0.29) is 6.03 Å². The van der Waals surface area contributed by atoms with Gasteiger partial charge in [-0.3, -0.25) is 0 Å². The molecule has 1 rings (SSSR count). The lowest BCUT2D eigenvalue weighted by molar-refractivity contribution is 0.134. The quantitative estimate of drug-likeness (QED) is 0.708. The molecule has 19 heavy (non-hydrogen) atoms. The molecule has 106 valence electrons. The highest BCUT2D eigenvalue weighted by molar-refractivity contribution is 5.89. The summed E-state index contributed by atoms with van der Waals surface area (Å²) in [7, 11) is 0. The molecule has 0 aromatic heterocycles. The van der Waals surface area contributed by atoms with Gasteiger partial charge in [0, 0.05) is 18.8 Å². The second-order valence-electron chi connectivity index (χ2n) is 4.36. The van der Waals surface area contributed by atoms with Crippen LogP contribution in [0, 0.1) is 0 Å². The van der Waals surface area contributed by atoms with Gasteiger partial charge in [0.25, 0.3) is 0 Å². The van der Waals surface area contributed by atoms with E-state index in [1.165, 1.54) is 0 Å². The molecule has 0 radical (unpaired) electrons. The normalized spacial score (nSPS) is 11.9. The lowest BCUT2D eigenvalue weighted by Gasteiger charge is -2.10. The van der Waals surface area contributed by atoms with Crippen molar-refractivity contribution in [1.82, 2.24) is 5.32 Å². The molecule has 0 fully saturated rings. The molecular formula is C14H22N2O3. The van der Waals surface area contributed by atoms with Gasteiger partial charge in [-0.05, 0) is 38.0 Å². The fourth-order valence-electron chi connectivity index (χ4n) is 1.53. The molecule has 1 aromatic rings.